The van der Waals surface area contributed by atoms with Crippen LogP contribution in [0, 0.1) is 0 Å². The number of nitrogens with zero attached hydrogens (tertiary/aromatic N) is 5. The lowest BCUT2D eigenvalue weighted by molar-refractivity contribution is 0.00154. The molecule has 196 valence electrons. The lowest BCUT2D eigenvalue weighted by Gasteiger charge is -2.25. The molecule has 1 N–H and O–H groups in total. The Morgan fingerprint density at radius 2 is 1.75 bits per heavy atom. The van der Waals surface area contributed by atoms with Crippen molar-refractivity contribution in [3.63, 3.8) is 0 Å². The molecule has 3 rings (SSSR count). The van der Waals surface area contributed by atoms with Gasteiger partial charge in [0, 0.05) is 19.4 Å². The highest BCUT2D eigenvalue weighted by molar-refractivity contribution is 7.93. The topological polar surface area (TPSA) is 140 Å². The summed E-state index contributed by atoms with van der Waals surface area (Å²) in [5, 5.41) is 7.01. The van der Waals surface area contributed by atoms with Gasteiger partial charge >= 0.3 is 0 Å². The van der Waals surface area contributed by atoms with Crippen molar-refractivity contribution in [2.75, 3.05) is 26.0 Å². The maximum Gasteiger partial charge on any atom is 0.243 e. The number of nitrogens with one attached hydrogen (secondary N) is 1. The van der Waals surface area contributed by atoms with Gasteiger partial charge in [-0.1, -0.05) is 17.7 Å². The highest BCUT2D eigenvalue weighted by Gasteiger charge is 2.36. The number of sulfonamides is 1. The number of para-hydroxylation sites is 1. The summed E-state index contributed by atoms with van der Waals surface area (Å²) < 4.78 is 74.8. The van der Waals surface area contributed by atoms with Crippen LogP contribution >= 0.6 is 11.6 Å². The monoisotopic (exact) mass is 543 g/mol. The molecule has 2 atom stereocenters. The van der Waals surface area contributed by atoms with Crippen LogP contribution in [0.5, 0.6) is 11.5 Å². The van der Waals surface area contributed by atoms with Gasteiger partial charge in [0.15, 0.2) is 11.6 Å². The average molecular weight is 544 g/mol. The van der Waals surface area contributed by atoms with Crippen LogP contribution < -0.4 is 14.2 Å². The standard InChI is InChI=1S/C22H29ClN6O6S/c1-13(2)35-20(21-24-10-15(23)11-25-21)14(3)36(30,31)28-22-27-26-18(12-32-4)29(22)19-16(33-5)8-7-9-17(19)34-6/h7-11,13-14,20H,12H2,1-6H3,(H,27,28)/i4D3. The molecule has 2 heterocycles. The summed E-state index contributed by atoms with van der Waals surface area (Å²) in [4.78, 5) is 8.28. The molecule has 0 aliphatic rings. The number of aromatic nitrogens is 5. The van der Waals surface area contributed by atoms with Crippen molar-refractivity contribution in [2.24, 2.45) is 0 Å². The first-order chi connectivity index (χ1) is 18.3. The van der Waals surface area contributed by atoms with E-state index in [1.165, 1.54) is 38.1 Å². The number of hydrogen-bond acceptors (Lipinski definition) is 10. The number of ether oxygens (including phenoxy) is 4. The summed E-state index contributed by atoms with van der Waals surface area (Å²) in [5.74, 6) is 0.358. The van der Waals surface area contributed by atoms with Gasteiger partial charge in [-0.05, 0) is 32.9 Å². The third-order valence-corrected chi connectivity index (χ3v) is 6.91. The zero-order valence-corrected chi connectivity index (χ0v) is 21.9. The van der Waals surface area contributed by atoms with Gasteiger partial charge in [-0.3, -0.25) is 9.29 Å². The number of benzene rings is 1. The van der Waals surface area contributed by atoms with Gasteiger partial charge in [-0.2, -0.15) is 0 Å². The molecular weight excluding hydrogens is 512 g/mol. The number of anilines is 1. The molecule has 2 unspecified atom stereocenters. The molecule has 1 aromatic carbocycles. The SMILES string of the molecule is [2H]C([2H])([2H])OCc1nnc(NS(=O)(=O)C(C)C(OC(C)C)c2ncc(Cl)cn2)n1-c1c(OC)cccc1OC. The zero-order chi connectivity index (χ0) is 29.0. The second-order valence-corrected chi connectivity index (χ2v) is 10.3. The molecule has 0 aliphatic heterocycles. The maximum atomic E-state index is 13.6. The van der Waals surface area contributed by atoms with Gasteiger partial charge in [0.1, 0.15) is 35.1 Å². The average Bonchev–Trinajstić information content (AvgIpc) is 3.26. The molecular formula is C22H29ClN6O6S. The molecule has 0 saturated carbocycles. The van der Waals surface area contributed by atoms with E-state index in [9.17, 15) is 8.42 Å². The normalized spacial score (nSPS) is 15.0. The maximum absolute atomic E-state index is 13.6. The van der Waals surface area contributed by atoms with Crippen LogP contribution in [0.1, 0.15) is 42.6 Å². The quantitative estimate of drug-likeness (QED) is 0.362. The molecule has 0 spiro atoms. The minimum absolute atomic E-state index is 0.0321. The van der Waals surface area contributed by atoms with E-state index < -0.39 is 35.0 Å². The fraction of sp³-hybridized carbons (Fsp3) is 0.455. The van der Waals surface area contributed by atoms with Gasteiger partial charge in [0.2, 0.25) is 16.0 Å². The Kier molecular flexibility index (Phi) is 7.69. The van der Waals surface area contributed by atoms with E-state index in [2.05, 4.69) is 24.9 Å². The summed E-state index contributed by atoms with van der Waals surface area (Å²) in [6, 6.07) is 4.88. The molecule has 12 nitrogen and oxygen atoms in total. The van der Waals surface area contributed by atoms with Gasteiger partial charge in [-0.25, -0.2) is 18.4 Å². The summed E-state index contributed by atoms with van der Waals surface area (Å²) in [5.41, 5.74) is 0.220. The van der Waals surface area contributed by atoms with Gasteiger partial charge in [0.25, 0.3) is 0 Å². The number of methoxy groups -OCH3 is 3. The largest absolute Gasteiger partial charge is 0.494 e. The lowest BCUT2D eigenvalue weighted by Crippen LogP contribution is -2.35. The molecule has 14 heteroatoms. The molecule has 2 aromatic heterocycles. The van der Waals surface area contributed by atoms with E-state index in [4.69, 9.17) is 34.7 Å². The van der Waals surface area contributed by atoms with Crippen molar-refractivity contribution in [3.8, 4) is 17.2 Å². The summed E-state index contributed by atoms with van der Waals surface area (Å²) >= 11 is 5.90. The van der Waals surface area contributed by atoms with Crippen LogP contribution in [0.4, 0.5) is 5.95 Å². The van der Waals surface area contributed by atoms with Crippen LogP contribution in [-0.4, -0.2) is 65.8 Å². The van der Waals surface area contributed by atoms with E-state index in [0.29, 0.717) is 0 Å². The predicted molar refractivity (Wildman–Crippen MR) is 133 cm³/mol. The second-order valence-electron chi connectivity index (χ2n) is 7.79. The third-order valence-electron chi connectivity index (χ3n) is 5.02. The Bertz CT molecular complexity index is 1350. The van der Waals surface area contributed by atoms with E-state index >= 15 is 0 Å². The van der Waals surface area contributed by atoms with Crippen molar-refractivity contribution in [1.82, 2.24) is 24.7 Å². The molecule has 0 bridgehead atoms. The highest BCUT2D eigenvalue weighted by atomic mass is 35.5. The van der Waals surface area contributed by atoms with E-state index in [1.54, 1.807) is 32.0 Å². The zero-order valence-electron chi connectivity index (χ0n) is 23.3. The fourth-order valence-corrected chi connectivity index (χ4v) is 4.54. The Morgan fingerprint density at radius 1 is 1.11 bits per heavy atom. The van der Waals surface area contributed by atoms with Crippen molar-refractivity contribution < 1.29 is 31.5 Å². The van der Waals surface area contributed by atoms with Gasteiger partial charge < -0.3 is 18.9 Å². The van der Waals surface area contributed by atoms with Crippen molar-refractivity contribution in [2.45, 2.75) is 44.8 Å². The first-order valence-corrected chi connectivity index (χ1v) is 12.6. The van der Waals surface area contributed by atoms with E-state index in [1.807, 2.05) is 0 Å². The van der Waals surface area contributed by atoms with E-state index in [0.717, 1.165) is 0 Å². The molecule has 0 aliphatic carbocycles. The highest BCUT2D eigenvalue weighted by Crippen LogP contribution is 2.36. The Labute approximate surface area is 219 Å². The Morgan fingerprint density at radius 3 is 2.31 bits per heavy atom. The van der Waals surface area contributed by atoms with Crippen LogP contribution in [0.25, 0.3) is 5.69 Å². The predicted octanol–water partition coefficient (Wildman–Crippen LogP) is 3.17. The minimum Gasteiger partial charge on any atom is -0.494 e. The summed E-state index contributed by atoms with van der Waals surface area (Å²) in [6.45, 7) is 4.39. The molecule has 0 saturated heterocycles. The van der Waals surface area contributed by atoms with Gasteiger partial charge in [0.05, 0.1) is 29.5 Å². The van der Waals surface area contributed by atoms with Crippen LogP contribution in [-0.2, 0) is 26.1 Å². The van der Waals surface area contributed by atoms with Crippen molar-refractivity contribution in [1.29, 1.82) is 0 Å². The van der Waals surface area contributed by atoms with Crippen molar-refractivity contribution in [3.05, 3.63) is 47.3 Å². The Balaban J connectivity index is 2.09. The summed E-state index contributed by atoms with van der Waals surface area (Å²) in [7, 11) is -4.18. The molecule has 0 amide bonds. The molecule has 0 radical (unpaired) electrons. The number of hydrogen-bond donors (Lipinski definition) is 1. The molecule has 3 aromatic rings. The summed E-state index contributed by atoms with van der Waals surface area (Å²) in [6.07, 6.45) is 1.25. The first-order valence-electron chi connectivity index (χ1n) is 12.2. The molecule has 36 heavy (non-hydrogen) atoms. The number of halogens is 1. The fourth-order valence-electron chi connectivity index (χ4n) is 3.35. The van der Waals surface area contributed by atoms with Crippen LogP contribution in [0.2, 0.25) is 5.02 Å². The second kappa shape index (κ2) is 11.8. The van der Waals surface area contributed by atoms with Crippen LogP contribution in [0.3, 0.4) is 0 Å². The molecule has 0 fully saturated rings. The number of rotatable bonds is 12. The van der Waals surface area contributed by atoms with Crippen molar-refractivity contribution >= 4 is 27.6 Å². The van der Waals surface area contributed by atoms with E-state index in [-0.39, 0.29) is 45.9 Å². The first kappa shape index (κ1) is 23.4. The van der Waals surface area contributed by atoms with Gasteiger partial charge in [-0.15, -0.1) is 10.2 Å². The minimum atomic E-state index is -4.26. The lowest BCUT2D eigenvalue weighted by atomic mass is 10.2. The Hall–Kier alpha value is -3.00. The third kappa shape index (κ3) is 6.03. The smallest absolute Gasteiger partial charge is 0.243 e. The van der Waals surface area contributed by atoms with Crippen LogP contribution in [0.15, 0.2) is 30.6 Å².